The summed E-state index contributed by atoms with van der Waals surface area (Å²) in [7, 11) is 0. The fourth-order valence-corrected chi connectivity index (χ4v) is 5.71. The van der Waals surface area contributed by atoms with Crippen LogP contribution in [0.25, 0.3) is 0 Å². The lowest BCUT2D eigenvalue weighted by Crippen LogP contribution is -2.52. The molecule has 2 amide bonds. The second kappa shape index (κ2) is 8.39. The van der Waals surface area contributed by atoms with Crippen molar-refractivity contribution in [2.75, 3.05) is 6.54 Å². The number of nitrogens with one attached hydrogen (secondary N) is 1. The van der Waals surface area contributed by atoms with E-state index in [1.165, 1.54) is 16.8 Å². The number of fused-ring (bicyclic) bond motifs is 5. The molecule has 2 aromatic rings. The third-order valence-electron chi connectivity index (χ3n) is 8.08. The second-order valence-electron chi connectivity index (χ2n) is 10.4. The van der Waals surface area contributed by atoms with Gasteiger partial charge >= 0.3 is 0 Å². The molecule has 2 fully saturated rings. The largest absolute Gasteiger partial charge is 0.503 e. The van der Waals surface area contributed by atoms with Crippen LogP contribution in [0.5, 0.6) is 5.75 Å². The van der Waals surface area contributed by atoms with Crippen LogP contribution in [0.15, 0.2) is 34.3 Å². The lowest BCUT2D eigenvalue weighted by molar-refractivity contribution is -0.0655. The summed E-state index contributed by atoms with van der Waals surface area (Å²) in [4.78, 5) is 47.1. The van der Waals surface area contributed by atoms with Crippen LogP contribution in [-0.2, 0) is 11.4 Å². The highest BCUT2D eigenvalue weighted by Crippen LogP contribution is 2.49. The maximum atomic E-state index is 14.0. The molecule has 2 N–H and O–H groups in total. The van der Waals surface area contributed by atoms with E-state index in [9.17, 15) is 28.3 Å². The van der Waals surface area contributed by atoms with Crippen LogP contribution < -0.4 is 10.7 Å². The minimum atomic E-state index is -1.000. The number of oxime groups is 1. The smallest absolute Gasteiger partial charge is 0.274 e. The first kappa shape index (κ1) is 23.6. The van der Waals surface area contributed by atoms with Crippen molar-refractivity contribution >= 4 is 17.5 Å². The van der Waals surface area contributed by atoms with Crippen molar-refractivity contribution in [2.24, 2.45) is 11.1 Å². The molecule has 37 heavy (non-hydrogen) atoms. The lowest BCUT2D eigenvalue weighted by atomic mass is 9.83. The van der Waals surface area contributed by atoms with Gasteiger partial charge in [0.25, 0.3) is 11.8 Å². The molecule has 1 aromatic heterocycles. The van der Waals surface area contributed by atoms with Gasteiger partial charge in [0.2, 0.25) is 5.43 Å². The second-order valence-corrected chi connectivity index (χ2v) is 10.4. The quantitative estimate of drug-likeness (QED) is 0.654. The molecule has 0 unspecified atom stereocenters. The van der Waals surface area contributed by atoms with E-state index in [2.05, 4.69) is 10.5 Å². The maximum Gasteiger partial charge on any atom is 0.274 e. The molecule has 1 saturated carbocycles. The van der Waals surface area contributed by atoms with Gasteiger partial charge in [-0.2, -0.15) is 0 Å². The number of aromatic nitrogens is 1. The highest BCUT2D eigenvalue weighted by Gasteiger charge is 2.55. The molecule has 3 atom stereocenters. The average molecular weight is 513 g/mol. The zero-order chi connectivity index (χ0) is 26.1. The van der Waals surface area contributed by atoms with Crippen LogP contribution in [0.3, 0.4) is 0 Å². The van der Waals surface area contributed by atoms with E-state index >= 15 is 0 Å². The number of aromatic hydroxyl groups is 1. The van der Waals surface area contributed by atoms with Crippen LogP contribution in [0.1, 0.15) is 71.5 Å². The monoisotopic (exact) mass is 512 g/mol. The van der Waals surface area contributed by atoms with Gasteiger partial charge in [-0.3, -0.25) is 14.4 Å². The summed E-state index contributed by atoms with van der Waals surface area (Å²) >= 11 is 0. The summed E-state index contributed by atoms with van der Waals surface area (Å²) in [6, 6.07) is 2.33. The summed E-state index contributed by atoms with van der Waals surface area (Å²) in [5, 5.41) is 17.7. The summed E-state index contributed by atoms with van der Waals surface area (Å²) in [5.74, 6) is -3.35. The van der Waals surface area contributed by atoms with Gasteiger partial charge < -0.3 is 24.7 Å². The molecule has 4 aliphatic rings. The van der Waals surface area contributed by atoms with Crippen molar-refractivity contribution in [1.82, 2.24) is 14.8 Å². The van der Waals surface area contributed by atoms with Crippen LogP contribution in [0.4, 0.5) is 8.78 Å². The number of halogens is 2. The Morgan fingerprint density at radius 2 is 2.05 bits per heavy atom. The van der Waals surface area contributed by atoms with E-state index in [0.717, 1.165) is 24.6 Å². The summed E-state index contributed by atoms with van der Waals surface area (Å²) < 4.78 is 28.7. The first-order valence-electron chi connectivity index (χ1n) is 12.4. The van der Waals surface area contributed by atoms with Gasteiger partial charge in [-0.05, 0) is 38.7 Å². The Bertz CT molecular complexity index is 1420. The van der Waals surface area contributed by atoms with Crippen molar-refractivity contribution in [1.29, 1.82) is 0 Å². The third-order valence-corrected chi connectivity index (χ3v) is 8.08. The Morgan fingerprint density at radius 3 is 2.78 bits per heavy atom. The first-order valence-corrected chi connectivity index (χ1v) is 12.4. The fraction of sp³-hybridized carbons (Fsp3) is 0.462. The fourth-order valence-electron chi connectivity index (χ4n) is 5.71. The number of carbonyl (C=O) groups excluding carboxylic acids is 2. The SMILES string of the molecule is C[C@H]1CC[C@]2(CC(C3CC3)=NO2)[C@H]2CN1C(=O)c1c(O)c(=O)c(C(=O)NCc3ccc(F)cc3F)cn12. The first-order chi connectivity index (χ1) is 17.7. The molecule has 4 heterocycles. The van der Waals surface area contributed by atoms with Crippen LogP contribution >= 0.6 is 0 Å². The van der Waals surface area contributed by atoms with Crippen molar-refractivity contribution in [3.63, 3.8) is 0 Å². The van der Waals surface area contributed by atoms with Gasteiger partial charge in [0.05, 0.1) is 11.8 Å². The molecule has 1 aliphatic carbocycles. The van der Waals surface area contributed by atoms with Crippen LogP contribution in [-0.4, -0.2) is 50.3 Å². The zero-order valence-electron chi connectivity index (χ0n) is 20.2. The Morgan fingerprint density at radius 1 is 1.27 bits per heavy atom. The van der Waals surface area contributed by atoms with Crippen molar-refractivity contribution in [3.05, 3.63) is 63.1 Å². The number of rotatable bonds is 4. The van der Waals surface area contributed by atoms with Gasteiger partial charge in [-0.15, -0.1) is 0 Å². The number of hydrogen-bond donors (Lipinski definition) is 2. The summed E-state index contributed by atoms with van der Waals surface area (Å²) in [5.41, 5.74) is -1.32. The standard InChI is InChI=1S/C26H26F2N4O5/c1-13-6-7-26(9-19(30-37-26)14-2-3-14)20-12-31(13)25(36)21-23(34)22(33)17(11-32(20)21)24(35)29-10-15-4-5-16(27)8-18(15)28/h4-5,8,11,13-14,20,34H,2-3,6-7,9-10,12H2,1H3,(H,29,35)/t13-,20+,26-/m0/s1. The van der Waals surface area contributed by atoms with Gasteiger partial charge in [-0.25, -0.2) is 8.78 Å². The minimum absolute atomic E-state index is 0.0312. The Balaban J connectivity index is 1.38. The van der Waals surface area contributed by atoms with Crippen LogP contribution in [0, 0.1) is 17.6 Å². The Labute approximate surface area is 210 Å². The molecule has 0 radical (unpaired) electrons. The summed E-state index contributed by atoms with van der Waals surface area (Å²) in [6.07, 6.45) is 5.25. The van der Waals surface area contributed by atoms with E-state index < -0.39 is 51.8 Å². The molecular formula is C26H26F2N4O5. The molecule has 3 aliphatic heterocycles. The highest BCUT2D eigenvalue weighted by molar-refractivity contribution is 5.99. The summed E-state index contributed by atoms with van der Waals surface area (Å²) in [6.45, 7) is 1.91. The van der Waals surface area contributed by atoms with E-state index in [1.54, 1.807) is 4.90 Å². The normalized spacial score (nSPS) is 26.4. The topological polar surface area (TPSA) is 113 Å². The molecule has 2 bridgehead atoms. The number of carbonyl (C=O) groups is 2. The molecule has 9 nitrogen and oxygen atoms in total. The van der Waals surface area contributed by atoms with Gasteiger partial charge in [0, 0.05) is 49.3 Å². The van der Waals surface area contributed by atoms with Gasteiger partial charge in [0.1, 0.15) is 17.2 Å². The van der Waals surface area contributed by atoms with Gasteiger partial charge in [0.15, 0.2) is 17.0 Å². The van der Waals surface area contributed by atoms with E-state index in [-0.39, 0.29) is 30.4 Å². The predicted molar refractivity (Wildman–Crippen MR) is 127 cm³/mol. The maximum absolute atomic E-state index is 14.0. The molecular weight excluding hydrogens is 486 g/mol. The minimum Gasteiger partial charge on any atom is -0.503 e. The Hall–Kier alpha value is -3.76. The number of pyridine rings is 1. The molecule has 11 heteroatoms. The van der Waals surface area contributed by atoms with E-state index in [4.69, 9.17) is 4.84 Å². The molecule has 194 valence electrons. The third kappa shape index (κ3) is 3.79. The van der Waals surface area contributed by atoms with Crippen molar-refractivity contribution < 1.29 is 28.3 Å². The van der Waals surface area contributed by atoms with Crippen molar-refractivity contribution in [3.8, 4) is 5.75 Å². The van der Waals surface area contributed by atoms with E-state index in [0.29, 0.717) is 31.2 Å². The molecule has 1 spiro atoms. The van der Waals surface area contributed by atoms with Gasteiger partial charge in [-0.1, -0.05) is 11.2 Å². The molecule has 1 aromatic carbocycles. The average Bonchev–Trinajstić information content (AvgIpc) is 3.64. The van der Waals surface area contributed by atoms with Crippen LogP contribution in [0.2, 0.25) is 0 Å². The number of hydrogen-bond acceptors (Lipinski definition) is 6. The Kier molecular flexibility index (Phi) is 5.36. The van der Waals surface area contributed by atoms with Crippen molar-refractivity contribution in [2.45, 2.75) is 63.3 Å². The number of nitrogens with zero attached hydrogens (tertiary/aromatic N) is 3. The lowest BCUT2D eigenvalue weighted by Gasteiger charge is -2.41. The zero-order valence-corrected chi connectivity index (χ0v) is 20.2. The number of benzene rings is 1. The molecule has 6 rings (SSSR count). The molecule has 1 saturated heterocycles. The number of amides is 2. The predicted octanol–water partition coefficient (Wildman–Crippen LogP) is 2.87. The van der Waals surface area contributed by atoms with E-state index in [1.807, 2.05) is 6.92 Å². The highest BCUT2D eigenvalue weighted by atomic mass is 19.1.